The Bertz CT molecular complexity index is 343. The monoisotopic (exact) mass is 257 g/mol. The van der Waals surface area contributed by atoms with Gasteiger partial charge in [0.15, 0.2) is 0 Å². The molecule has 0 aliphatic heterocycles. The minimum Gasteiger partial charge on any atom is -0.354 e. The van der Waals surface area contributed by atoms with Gasteiger partial charge in [-0.25, -0.2) is 0 Å². The third kappa shape index (κ3) is 5.68. The van der Waals surface area contributed by atoms with E-state index in [0.29, 0.717) is 17.8 Å². The van der Waals surface area contributed by atoms with Gasteiger partial charge in [-0.05, 0) is 30.4 Å². The van der Waals surface area contributed by atoms with Crippen LogP contribution in [0.5, 0.6) is 0 Å². The highest BCUT2D eigenvalue weighted by atomic mass is 35.5. The van der Waals surface area contributed by atoms with Crippen LogP contribution in [-0.2, 0) is 0 Å². The summed E-state index contributed by atoms with van der Waals surface area (Å²) < 4.78 is 0. The Labute approximate surface area is 107 Å². The van der Waals surface area contributed by atoms with E-state index in [9.17, 15) is 0 Å². The van der Waals surface area contributed by atoms with E-state index in [2.05, 4.69) is 46.4 Å². The molecule has 0 aliphatic rings. The first-order valence-corrected chi connectivity index (χ1v) is 6.39. The topological polar surface area (TPSA) is 62.7 Å². The Morgan fingerprint density at radius 3 is 2.18 bits per heavy atom. The van der Waals surface area contributed by atoms with Crippen LogP contribution in [0.15, 0.2) is 0 Å². The van der Waals surface area contributed by atoms with Crippen molar-refractivity contribution >= 4 is 23.5 Å². The number of hydrogen-bond acceptors (Lipinski definition) is 5. The van der Waals surface area contributed by atoms with Gasteiger partial charge in [0.1, 0.15) is 0 Å². The summed E-state index contributed by atoms with van der Waals surface area (Å²) in [6.07, 6.45) is 2.08. The van der Waals surface area contributed by atoms with Crippen molar-refractivity contribution < 1.29 is 0 Å². The molecule has 0 spiro atoms. The van der Waals surface area contributed by atoms with E-state index in [1.807, 2.05) is 0 Å². The summed E-state index contributed by atoms with van der Waals surface area (Å²) in [5, 5.41) is 6.45. The maximum atomic E-state index is 5.83. The highest BCUT2D eigenvalue weighted by Crippen LogP contribution is 2.10. The first-order valence-electron chi connectivity index (χ1n) is 6.01. The molecule has 0 atom stereocenters. The molecule has 1 rings (SSSR count). The van der Waals surface area contributed by atoms with Gasteiger partial charge in [0.25, 0.3) is 0 Å². The number of nitrogens with one attached hydrogen (secondary N) is 2. The van der Waals surface area contributed by atoms with Gasteiger partial charge in [-0.1, -0.05) is 20.8 Å². The van der Waals surface area contributed by atoms with Crippen molar-refractivity contribution in [3.63, 3.8) is 0 Å². The van der Waals surface area contributed by atoms with Crippen LogP contribution < -0.4 is 10.6 Å². The highest BCUT2D eigenvalue weighted by Gasteiger charge is 2.04. The summed E-state index contributed by atoms with van der Waals surface area (Å²) in [6, 6.07) is 0. The van der Waals surface area contributed by atoms with Crippen LogP contribution in [0.25, 0.3) is 0 Å². The molecular weight excluding hydrogens is 238 g/mol. The maximum absolute atomic E-state index is 5.83. The molecule has 0 aromatic carbocycles. The van der Waals surface area contributed by atoms with Gasteiger partial charge >= 0.3 is 0 Å². The zero-order valence-electron chi connectivity index (χ0n) is 10.6. The normalized spacial score (nSPS) is 10.6. The fourth-order valence-electron chi connectivity index (χ4n) is 1.22. The Balaban J connectivity index is 2.55. The Morgan fingerprint density at radius 2 is 1.65 bits per heavy atom. The molecule has 1 aromatic heterocycles. The van der Waals surface area contributed by atoms with Gasteiger partial charge in [0.05, 0.1) is 0 Å². The molecule has 5 nitrogen and oxygen atoms in total. The number of aromatic nitrogens is 3. The van der Waals surface area contributed by atoms with Gasteiger partial charge in [-0.2, -0.15) is 15.0 Å². The molecule has 0 fully saturated rings. The van der Waals surface area contributed by atoms with E-state index in [1.165, 1.54) is 0 Å². The van der Waals surface area contributed by atoms with Crippen molar-refractivity contribution in [2.45, 2.75) is 33.6 Å². The zero-order chi connectivity index (χ0) is 12.7. The Kier molecular flexibility index (Phi) is 5.97. The molecule has 0 saturated carbocycles. The van der Waals surface area contributed by atoms with Gasteiger partial charge in [0, 0.05) is 13.1 Å². The van der Waals surface area contributed by atoms with Gasteiger partial charge in [0.2, 0.25) is 17.2 Å². The predicted molar refractivity (Wildman–Crippen MR) is 71.6 cm³/mol. The van der Waals surface area contributed by atoms with Gasteiger partial charge < -0.3 is 10.6 Å². The van der Waals surface area contributed by atoms with Crippen LogP contribution in [0, 0.1) is 5.92 Å². The summed E-state index contributed by atoms with van der Waals surface area (Å²) in [7, 11) is 0. The first kappa shape index (κ1) is 14.0. The first-order chi connectivity index (χ1) is 8.11. The van der Waals surface area contributed by atoms with E-state index < -0.39 is 0 Å². The van der Waals surface area contributed by atoms with Crippen molar-refractivity contribution in [1.29, 1.82) is 0 Å². The van der Waals surface area contributed by atoms with Crippen LogP contribution in [0.3, 0.4) is 0 Å². The molecular formula is C11H20ClN5. The third-order valence-corrected chi connectivity index (χ3v) is 2.32. The quantitative estimate of drug-likeness (QED) is 0.787. The van der Waals surface area contributed by atoms with Crippen LogP contribution in [0.2, 0.25) is 5.28 Å². The minimum absolute atomic E-state index is 0.214. The van der Waals surface area contributed by atoms with Crippen LogP contribution >= 0.6 is 11.6 Å². The molecule has 6 heteroatoms. The zero-order valence-corrected chi connectivity index (χ0v) is 11.4. The minimum atomic E-state index is 0.214. The molecule has 2 N–H and O–H groups in total. The van der Waals surface area contributed by atoms with Crippen molar-refractivity contribution in [2.24, 2.45) is 5.92 Å². The molecule has 17 heavy (non-hydrogen) atoms. The van der Waals surface area contributed by atoms with Crippen LogP contribution in [-0.4, -0.2) is 28.0 Å². The van der Waals surface area contributed by atoms with E-state index in [4.69, 9.17) is 11.6 Å². The van der Waals surface area contributed by atoms with E-state index in [1.54, 1.807) is 0 Å². The summed E-state index contributed by atoms with van der Waals surface area (Å²) in [5.74, 6) is 1.71. The third-order valence-electron chi connectivity index (χ3n) is 2.15. The number of rotatable bonds is 7. The summed E-state index contributed by atoms with van der Waals surface area (Å²) in [6.45, 7) is 8.10. The number of hydrogen-bond donors (Lipinski definition) is 2. The molecule has 0 aliphatic carbocycles. The summed E-state index contributed by atoms with van der Waals surface area (Å²) in [4.78, 5) is 12.3. The molecule has 0 unspecified atom stereocenters. The van der Waals surface area contributed by atoms with Crippen LogP contribution in [0.4, 0.5) is 11.9 Å². The van der Waals surface area contributed by atoms with Crippen molar-refractivity contribution in [1.82, 2.24) is 15.0 Å². The second kappa shape index (κ2) is 7.27. The fraction of sp³-hybridized carbons (Fsp3) is 0.727. The van der Waals surface area contributed by atoms with Crippen LogP contribution in [0.1, 0.15) is 33.6 Å². The standard InChI is InChI=1S/C11H20ClN5/c1-4-6-13-10-15-9(12)16-11(17-10)14-7-5-8(2)3/h8H,4-7H2,1-3H3,(H2,13,14,15,16,17). The number of anilines is 2. The van der Waals surface area contributed by atoms with Gasteiger partial charge in [-0.3, -0.25) is 0 Å². The van der Waals surface area contributed by atoms with E-state index >= 15 is 0 Å². The smallest absolute Gasteiger partial charge is 0.228 e. The van der Waals surface area contributed by atoms with E-state index in [0.717, 1.165) is 25.9 Å². The second-order valence-electron chi connectivity index (χ2n) is 4.29. The lowest BCUT2D eigenvalue weighted by Crippen LogP contribution is -2.11. The summed E-state index contributed by atoms with van der Waals surface area (Å²) >= 11 is 5.83. The molecule has 0 radical (unpaired) electrons. The molecule has 1 heterocycles. The van der Waals surface area contributed by atoms with Crippen molar-refractivity contribution in [2.75, 3.05) is 23.7 Å². The Hall–Kier alpha value is -1.10. The lowest BCUT2D eigenvalue weighted by atomic mass is 10.1. The largest absolute Gasteiger partial charge is 0.354 e. The lowest BCUT2D eigenvalue weighted by molar-refractivity contribution is 0.606. The Morgan fingerprint density at radius 1 is 1.06 bits per heavy atom. The second-order valence-corrected chi connectivity index (χ2v) is 4.63. The molecule has 1 aromatic rings. The highest BCUT2D eigenvalue weighted by molar-refractivity contribution is 6.28. The lowest BCUT2D eigenvalue weighted by Gasteiger charge is -2.08. The molecule has 0 bridgehead atoms. The van der Waals surface area contributed by atoms with Crippen molar-refractivity contribution in [3.8, 4) is 0 Å². The average Bonchev–Trinajstić information content (AvgIpc) is 2.25. The molecule has 96 valence electrons. The predicted octanol–water partition coefficient (Wildman–Crippen LogP) is 2.80. The molecule has 0 amide bonds. The average molecular weight is 258 g/mol. The SMILES string of the molecule is CCCNc1nc(Cl)nc(NCCC(C)C)n1. The van der Waals surface area contributed by atoms with E-state index in [-0.39, 0.29) is 5.28 Å². The van der Waals surface area contributed by atoms with Gasteiger partial charge in [-0.15, -0.1) is 0 Å². The summed E-state index contributed by atoms with van der Waals surface area (Å²) in [5.41, 5.74) is 0. The van der Waals surface area contributed by atoms with Crippen molar-refractivity contribution in [3.05, 3.63) is 5.28 Å². The maximum Gasteiger partial charge on any atom is 0.228 e. The fourth-order valence-corrected chi connectivity index (χ4v) is 1.38. The number of halogens is 1. The number of nitrogens with zero attached hydrogens (tertiary/aromatic N) is 3. The molecule has 0 saturated heterocycles.